The second-order valence-corrected chi connectivity index (χ2v) is 5.00. The van der Waals surface area contributed by atoms with Gasteiger partial charge in [0.1, 0.15) is 0 Å². The number of nitrogens with zero attached hydrogens (tertiary/aromatic N) is 2. The highest BCUT2D eigenvalue weighted by molar-refractivity contribution is 5.19. The third-order valence-electron chi connectivity index (χ3n) is 2.87. The van der Waals surface area contributed by atoms with Crippen LogP contribution in [0.15, 0.2) is 6.20 Å². The van der Waals surface area contributed by atoms with Crippen LogP contribution < -0.4 is 5.32 Å². The molecule has 1 aromatic heterocycles. The van der Waals surface area contributed by atoms with Gasteiger partial charge in [-0.05, 0) is 18.9 Å². The molecule has 5 heteroatoms. The fourth-order valence-electron chi connectivity index (χ4n) is 1.94. The standard InChI is InChI=1S/C14H27N3O2/c1-12(2)14-13(11-17(3)16-14)10-15-6-5-7-19-9-8-18-4/h11-12,15H,5-10H2,1-4H3. The van der Waals surface area contributed by atoms with Gasteiger partial charge in [0.15, 0.2) is 0 Å². The molecule has 0 saturated heterocycles. The fourth-order valence-corrected chi connectivity index (χ4v) is 1.94. The maximum atomic E-state index is 5.41. The zero-order chi connectivity index (χ0) is 14.1. The molecule has 5 nitrogen and oxygen atoms in total. The summed E-state index contributed by atoms with van der Waals surface area (Å²) in [5.74, 6) is 0.468. The molecule has 0 radical (unpaired) electrons. The number of rotatable bonds is 10. The van der Waals surface area contributed by atoms with Crippen molar-refractivity contribution in [2.75, 3.05) is 33.5 Å². The highest BCUT2D eigenvalue weighted by Gasteiger charge is 2.10. The van der Waals surface area contributed by atoms with Gasteiger partial charge in [-0.2, -0.15) is 5.10 Å². The molecule has 0 saturated carbocycles. The maximum absolute atomic E-state index is 5.41. The molecule has 0 unspecified atom stereocenters. The highest BCUT2D eigenvalue weighted by atomic mass is 16.5. The predicted molar refractivity (Wildman–Crippen MR) is 76.3 cm³/mol. The lowest BCUT2D eigenvalue weighted by atomic mass is 10.1. The summed E-state index contributed by atoms with van der Waals surface area (Å²) in [7, 11) is 3.66. The summed E-state index contributed by atoms with van der Waals surface area (Å²) in [6, 6.07) is 0. The molecule has 1 aromatic rings. The quantitative estimate of drug-likeness (QED) is 0.657. The van der Waals surface area contributed by atoms with Crippen molar-refractivity contribution >= 4 is 0 Å². The molecule has 0 atom stereocenters. The number of aryl methyl sites for hydroxylation is 1. The van der Waals surface area contributed by atoms with Gasteiger partial charge in [0.25, 0.3) is 0 Å². The van der Waals surface area contributed by atoms with Crippen molar-refractivity contribution in [2.24, 2.45) is 7.05 Å². The SMILES string of the molecule is COCCOCCCNCc1cn(C)nc1C(C)C. The monoisotopic (exact) mass is 269 g/mol. The van der Waals surface area contributed by atoms with Crippen molar-refractivity contribution in [1.82, 2.24) is 15.1 Å². The van der Waals surface area contributed by atoms with Crippen molar-refractivity contribution in [1.29, 1.82) is 0 Å². The van der Waals surface area contributed by atoms with E-state index >= 15 is 0 Å². The van der Waals surface area contributed by atoms with Crippen molar-refractivity contribution in [3.63, 3.8) is 0 Å². The predicted octanol–water partition coefficient (Wildman–Crippen LogP) is 1.69. The molecular formula is C14H27N3O2. The van der Waals surface area contributed by atoms with Gasteiger partial charge >= 0.3 is 0 Å². The van der Waals surface area contributed by atoms with Crippen LogP contribution in [0.25, 0.3) is 0 Å². The second kappa shape index (κ2) is 9.07. The second-order valence-electron chi connectivity index (χ2n) is 5.00. The third-order valence-corrected chi connectivity index (χ3v) is 2.87. The zero-order valence-corrected chi connectivity index (χ0v) is 12.6. The van der Waals surface area contributed by atoms with Crippen LogP contribution in [0.3, 0.4) is 0 Å². The Balaban J connectivity index is 2.15. The van der Waals surface area contributed by atoms with E-state index in [0.29, 0.717) is 19.1 Å². The van der Waals surface area contributed by atoms with Crippen LogP contribution in [-0.2, 0) is 23.1 Å². The molecule has 1 heterocycles. The van der Waals surface area contributed by atoms with E-state index in [2.05, 4.69) is 30.5 Å². The number of nitrogens with one attached hydrogen (secondary N) is 1. The summed E-state index contributed by atoms with van der Waals surface area (Å²) in [5, 5.41) is 7.93. The molecule has 0 spiro atoms. The Morgan fingerprint density at radius 3 is 2.79 bits per heavy atom. The molecule has 1 rings (SSSR count). The van der Waals surface area contributed by atoms with Crippen LogP contribution in [0.1, 0.15) is 37.4 Å². The lowest BCUT2D eigenvalue weighted by Gasteiger charge is -2.07. The highest BCUT2D eigenvalue weighted by Crippen LogP contribution is 2.16. The third kappa shape index (κ3) is 6.18. The van der Waals surface area contributed by atoms with Gasteiger partial charge in [0.05, 0.1) is 18.9 Å². The van der Waals surface area contributed by atoms with E-state index in [-0.39, 0.29) is 0 Å². The van der Waals surface area contributed by atoms with E-state index in [1.54, 1.807) is 7.11 Å². The number of ether oxygens (including phenoxy) is 2. The van der Waals surface area contributed by atoms with E-state index < -0.39 is 0 Å². The molecule has 0 aliphatic rings. The average molecular weight is 269 g/mol. The number of methoxy groups -OCH3 is 1. The summed E-state index contributed by atoms with van der Waals surface area (Å²) in [6.07, 6.45) is 3.11. The van der Waals surface area contributed by atoms with E-state index in [1.165, 1.54) is 11.3 Å². The molecule has 0 bridgehead atoms. The van der Waals surface area contributed by atoms with E-state index in [9.17, 15) is 0 Å². The Labute approximate surface area is 116 Å². The first-order chi connectivity index (χ1) is 9.15. The van der Waals surface area contributed by atoms with Crippen LogP contribution in [-0.4, -0.2) is 43.3 Å². The lowest BCUT2D eigenvalue weighted by molar-refractivity contribution is 0.0695. The topological polar surface area (TPSA) is 48.3 Å². The smallest absolute Gasteiger partial charge is 0.0700 e. The summed E-state index contributed by atoms with van der Waals surface area (Å²) >= 11 is 0. The molecule has 1 N–H and O–H groups in total. The first-order valence-electron chi connectivity index (χ1n) is 6.95. The fraction of sp³-hybridized carbons (Fsp3) is 0.786. The van der Waals surface area contributed by atoms with Crippen molar-refractivity contribution < 1.29 is 9.47 Å². The van der Waals surface area contributed by atoms with Gasteiger partial charge in [0, 0.05) is 39.1 Å². The van der Waals surface area contributed by atoms with Crippen molar-refractivity contribution in [3.8, 4) is 0 Å². The summed E-state index contributed by atoms with van der Waals surface area (Å²) < 4.78 is 12.2. The van der Waals surface area contributed by atoms with Gasteiger partial charge in [0.2, 0.25) is 0 Å². The number of hydrogen-bond acceptors (Lipinski definition) is 4. The Hall–Kier alpha value is -0.910. The van der Waals surface area contributed by atoms with Crippen LogP contribution >= 0.6 is 0 Å². The summed E-state index contributed by atoms with van der Waals surface area (Å²) in [4.78, 5) is 0. The van der Waals surface area contributed by atoms with E-state index in [1.807, 2.05) is 11.7 Å². The van der Waals surface area contributed by atoms with E-state index in [4.69, 9.17) is 9.47 Å². The van der Waals surface area contributed by atoms with Gasteiger partial charge < -0.3 is 14.8 Å². The van der Waals surface area contributed by atoms with Crippen LogP contribution in [0.2, 0.25) is 0 Å². The zero-order valence-electron chi connectivity index (χ0n) is 12.6. The summed E-state index contributed by atoms with van der Waals surface area (Å²) in [6.45, 7) is 8.31. The van der Waals surface area contributed by atoms with Crippen LogP contribution in [0, 0.1) is 0 Å². The number of aromatic nitrogens is 2. The largest absolute Gasteiger partial charge is 0.382 e. The molecule has 110 valence electrons. The van der Waals surface area contributed by atoms with Crippen molar-refractivity contribution in [2.45, 2.75) is 32.7 Å². The van der Waals surface area contributed by atoms with Gasteiger partial charge in [-0.1, -0.05) is 13.8 Å². The molecule has 0 fully saturated rings. The first-order valence-corrected chi connectivity index (χ1v) is 6.95. The normalized spacial score (nSPS) is 11.4. The number of hydrogen-bond donors (Lipinski definition) is 1. The van der Waals surface area contributed by atoms with Crippen LogP contribution in [0.5, 0.6) is 0 Å². The molecule has 0 aliphatic heterocycles. The summed E-state index contributed by atoms with van der Waals surface area (Å²) in [5.41, 5.74) is 2.48. The molecular weight excluding hydrogens is 242 g/mol. The Morgan fingerprint density at radius 1 is 1.32 bits per heavy atom. The maximum Gasteiger partial charge on any atom is 0.0700 e. The molecule has 0 aliphatic carbocycles. The van der Waals surface area contributed by atoms with Gasteiger partial charge in [-0.15, -0.1) is 0 Å². The molecule has 0 amide bonds. The minimum atomic E-state index is 0.468. The Morgan fingerprint density at radius 2 is 2.11 bits per heavy atom. The first kappa shape index (κ1) is 16.1. The van der Waals surface area contributed by atoms with Crippen LogP contribution in [0.4, 0.5) is 0 Å². The Kier molecular flexibility index (Phi) is 7.70. The molecule has 0 aromatic carbocycles. The van der Waals surface area contributed by atoms with Gasteiger partial charge in [-0.3, -0.25) is 4.68 Å². The lowest BCUT2D eigenvalue weighted by Crippen LogP contribution is -2.17. The average Bonchev–Trinajstić information content (AvgIpc) is 2.74. The van der Waals surface area contributed by atoms with E-state index in [0.717, 1.165) is 26.1 Å². The Bertz CT molecular complexity index is 350. The minimum Gasteiger partial charge on any atom is -0.382 e. The van der Waals surface area contributed by atoms with Gasteiger partial charge in [-0.25, -0.2) is 0 Å². The van der Waals surface area contributed by atoms with Crippen molar-refractivity contribution in [3.05, 3.63) is 17.5 Å². The molecule has 19 heavy (non-hydrogen) atoms. The minimum absolute atomic E-state index is 0.468.